The molecule has 0 spiro atoms. The average molecular weight is 477 g/mol. The molecule has 0 aliphatic carbocycles. The number of fused-ring (bicyclic) bond motifs is 2. The predicted octanol–water partition coefficient (Wildman–Crippen LogP) is -0.0700. The summed E-state index contributed by atoms with van der Waals surface area (Å²) in [7, 11) is -1.02. The molecule has 0 saturated carbocycles. The van der Waals surface area contributed by atoms with Crippen LogP contribution in [-0.2, 0) is 19.6 Å². The largest absolute Gasteiger partial charge is 0.456 e. The molecule has 0 radical (unpaired) electrons. The van der Waals surface area contributed by atoms with E-state index in [-0.39, 0.29) is 32.4 Å². The van der Waals surface area contributed by atoms with Crippen LogP contribution < -0.4 is 16.5 Å². The number of nitrogens with zero attached hydrogens (tertiary/aromatic N) is 1. The van der Waals surface area contributed by atoms with Crippen LogP contribution in [0.25, 0.3) is 21.9 Å². The molecule has 2 unspecified atom stereocenters. The average Bonchev–Trinajstić information content (AvgIpc) is 2.72. The number of hydrogen-bond acceptors (Lipinski definition) is 8. The van der Waals surface area contributed by atoms with Crippen molar-refractivity contribution in [3.05, 3.63) is 52.2 Å². The van der Waals surface area contributed by atoms with Gasteiger partial charge in [-0.2, -0.15) is 0 Å². The van der Waals surface area contributed by atoms with E-state index in [2.05, 4.69) is 5.32 Å². The summed E-state index contributed by atoms with van der Waals surface area (Å²) in [5, 5.41) is 22.2. The number of aliphatic hydroxyl groups excluding tert-OH is 2. The first-order valence-corrected chi connectivity index (χ1v) is 11.2. The van der Waals surface area contributed by atoms with Crippen LogP contribution in [0, 0.1) is 0 Å². The van der Waals surface area contributed by atoms with Crippen molar-refractivity contribution >= 4 is 43.8 Å². The van der Waals surface area contributed by atoms with Crippen molar-refractivity contribution in [3.8, 4) is 0 Å². The highest BCUT2D eigenvalue weighted by Crippen LogP contribution is 2.25. The Bertz CT molecular complexity index is 1400. The zero-order valence-electron chi connectivity index (χ0n) is 17.8. The number of sulfonamides is 1. The zero-order chi connectivity index (χ0) is 24.5. The second-order valence-electron chi connectivity index (χ2n) is 7.61. The topological polar surface area (TPSA) is 180 Å². The van der Waals surface area contributed by atoms with E-state index >= 15 is 0 Å². The highest BCUT2D eigenvalue weighted by Gasteiger charge is 2.21. The van der Waals surface area contributed by atoms with Gasteiger partial charge in [-0.1, -0.05) is 6.07 Å². The summed E-state index contributed by atoms with van der Waals surface area (Å²) >= 11 is 0. The van der Waals surface area contributed by atoms with Gasteiger partial charge in [-0.15, -0.1) is 0 Å². The lowest BCUT2D eigenvalue weighted by atomic mass is 10.0. The number of primary amides is 1. The molecule has 0 fully saturated rings. The number of carbonyl (C=O) groups is 2. The first-order chi connectivity index (χ1) is 15.4. The van der Waals surface area contributed by atoms with E-state index in [0.29, 0.717) is 0 Å². The lowest BCUT2D eigenvalue weighted by Gasteiger charge is -2.15. The molecule has 0 aliphatic heterocycles. The Morgan fingerprint density at radius 1 is 1.06 bits per heavy atom. The zero-order valence-corrected chi connectivity index (χ0v) is 18.6. The molecule has 1 heterocycles. The fourth-order valence-electron chi connectivity index (χ4n) is 3.21. The van der Waals surface area contributed by atoms with Gasteiger partial charge >= 0.3 is 0 Å². The van der Waals surface area contributed by atoms with E-state index in [4.69, 9.17) is 10.2 Å². The third-order valence-electron chi connectivity index (χ3n) is 4.93. The number of nitrogens with two attached hydrogens (primary N) is 1. The molecule has 12 heteroatoms. The molecule has 2 aromatic carbocycles. The maximum absolute atomic E-state index is 13.1. The van der Waals surface area contributed by atoms with Gasteiger partial charge in [0.1, 0.15) is 17.4 Å². The third kappa shape index (κ3) is 5.20. The first kappa shape index (κ1) is 24.3. The molecule has 2 amide bonds. The van der Waals surface area contributed by atoms with Gasteiger partial charge in [-0.25, -0.2) is 12.7 Å². The maximum atomic E-state index is 13.1. The van der Waals surface area contributed by atoms with Crippen LogP contribution in [0.1, 0.15) is 24.5 Å². The lowest BCUT2D eigenvalue weighted by molar-refractivity contribution is -0.127. The summed E-state index contributed by atoms with van der Waals surface area (Å²) in [6.45, 7) is 0. The summed E-state index contributed by atoms with van der Waals surface area (Å²) in [6, 6.07) is 8.25. The van der Waals surface area contributed by atoms with Gasteiger partial charge < -0.3 is 25.7 Å². The summed E-state index contributed by atoms with van der Waals surface area (Å²) in [5.74, 6) is -1.54. The minimum atomic E-state index is -3.77. The van der Waals surface area contributed by atoms with Gasteiger partial charge in [-0.05, 0) is 35.9 Å². The minimum absolute atomic E-state index is 0.0457. The Morgan fingerprint density at radius 3 is 2.27 bits per heavy atom. The van der Waals surface area contributed by atoms with Gasteiger partial charge in [0.15, 0.2) is 0 Å². The van der Waals surface area contributed by atoms with Crippen LogP contribution in [0.2, 0.25) is 0 Å². The molecule has 0 bridgehead atoms. The number of hydrogen-bond donors (Lipinski definition) is 4. The molecule has 0 saturated heterocycles. The fourth-order valence-corrected chi connectivity index (χ4v) is 4.14. The van der Waals surface area contributed by atoms with E-state index in [1.807, 2.05) is 0 Å². The SMILES string of the molecule is CN(C)S(=O)(=O)c1ccc2oc3ccc(C(O)CC(=O)NC(O)CC(N)=O)cc3c(=O)c2c1. The van der Waals surface area contributed by atoms with Crippen molar-refractivity contribution in [1.29, 1.82) is 0 Å². The smallest absolute Gasteiger partial charge is 0.242 e. The van der Waals surface area contributed by atoms with E-state index in [1.54, 1.807) is 0 Å². The number of benzene rings is 2. The molecule has 0 aliphatic rings. The van der Waals surface area contributed by atoms with Crippen LogP contribution in [-0.4, -0.2) is 55.1 Å². The number of carbonyl (C=O) groups excluding carboxylic acids is 2. The molecule has 1 aromatic heterocycles. The van der Waals surface area contributed by atoms with Gasteiger partial charge in [0, 0.05) is 14.1 Å². The van der Waals surface area contributed by atoms with E-state index in [0.717, 1.165) is 4.31 Å². The Kier molecular flexibility index (Phi) is 6.84. The Morgan fingerprint density at radius 2 is 1.67 bits per heavy atom. The van der Waals surface area contributed by atoms with Crippen molar-refractivity contribution in [2.24, 2.45) is 5.73 Å². The van der Waals surface area contributed by atoms with E-state index < -0.39 is 52.4 Å². The second-order valence-corrected chi connectivity index (χ2v) is 9.76. The minimum Gasteiger partial charge on any atom is -0.456 e. The number of amides is 2. The monoisotopic (exact) mass is 477 g/mol. The van der Waals surface area contributed by atoms with Gasteiger partial charge in [0.25, 0.3) is 0 Å². The van der Waals surface area contributed by atoms with Crippen LogP contribution >= 0.6 is 0 Å². The summed E-state index contributed by atoms with van der Waals surface area (Å²) in [6.07, 6.45) is -3.74. The molecular formula is C21H23N3O8S. The molecular weight excluding hydrogens is 454 g/mol. The molecule has 33 heavy (non-hydrogen) atoms. The fraction of sp³-hybridized carbons (Fsp3) is 0.286. The Hall–Kier alpha value is -3.32. The van der Waals surface area contributed by atoms with Crippen LogP contribution in [0.5, 0.6) is 0 Å². The molecule has 11 nitrogen and oxygen atoms in total. The number of rotatable bonds is 8. The van der Waals surface area contributed by atoms with Crippen molar-refractivity contribution in [2.45, 2.75) is 30.1 Å². The van der Waals surface area contributed by atoms with Gasteiger partial charge in [0.2, 0.25) is 27.3 Å². The Balaban J connectivity index is 1.95. The highest BCUT2D eigenvalue weighted by molar-refractivity contribution is 7.89. The normalized spacial score (nSPS) is 13.8. The van der Waals surface area contributed by atoms with Crippen LogP contribution in [0.4, 0.5) is 0 Å². The number of nitrogens with one attached hydrogen (secondary N) is 1. The third-order valence-corrected chi connectivity index (χ3v) is 6.74. The summed E-state index contributed by atoms with van der Waals surface area (Å²) in [4.78, 5) is 35.8. The van der Waals surface area contributed by atoms with Crippen molar-refractivity contribution in [3.63, 3.8) is 0 Å². The molecule has 3 rings (SSSR count). The van der Waals surface area contributed by atoms with E-state index in [1.165, 1.54) is 50.5 Å². The first-order valence-electron chi connectivity index (χ1n) is 9.77. The van der Waals surface area contributed by atoms with Gasteiger partial charge in [0.05, 0.1) is 34.6 Å². The van der Waals surface area contributed by atoms with E-state index in [9.17, 15) is 33.0 Å². The lowest BCUT2D eigenvalue weighted by Crippen LogP contribution is -2.38. The predicted molar refractivity (Wildman–Crippen MR) is 118 cm³/mol. The maximum Gasteiger partial charge on any atom is 0.242 e. The molecule has 3 aromatic rings. The second kappa shape index (κ2) is 9.27. The highest BCUT2D eigenvalue weighted by atomic mass is 32.2. The van der Waals surface area contributed by atoms with Crippen LogP contribution in [0.15, 0.2) is 50.5 Å². The molecule has 5 N–H and O–H groups in total. The quantitative estimate of drug-likeness (QED) is 0.257. The molecule has 2 atom stereocenters. The number of aliphatic hydroxyl groups is 2. The van der Waals surface area contributed by atoms with Gasteiger partial charge in [-0.3, -0.25) is 14.4 Å². The summed E-state index contributed by atoms with van der Waals surface area (Å²) < 4.78 is 31.6. The van der Waals surface area contributed by atoms with Crippen molar-refractivity contribution in [2.75, 3.05) is 14.1 Å². The van der Waals surface area contributed by atoms with Crippen molar-refractivity contribution in [1.82, 2.24) is 9.62 Å². The summed E-state index contributed by atoms with van der Waals surface area (Å²) in [5.41, 5.74) is 5.08. The van der Waals surface area contributed by atoms with Crippen LogP contribution in [0.3, 0.4) is 0 Å². The Labute approximate surface area is 188 Å². The van der Waals surface area contributed by atoms with Crippen molar-refractivity contribution < 1.29 is 32.6 Å². The molecule has 176 valence electrons. The standard InChI is InChI=1S/C21H23N3O8S/c1-24(2)33(30,31)12-4-6-17-14(8-12)21(29)13-7-11(3-5-16(13)32-17)15(25)9-19(27)23-20(28)10-18(22)26/h3-8,15,20,25,28H,9-10H2,1-2H3,(H2,22,26)(H,23,27).